The molecule has 2 atom stereocenters. The molecule has 4 rings (SSSR count). The smallest absolute Gasteiger partial charge is 0.325 e. The zero-order valence-electron chi connectivity index (χ0n) is 19.2. The Hall–Kier alpha value is -3.39. The van der Waals surface area contributed by atoms with Crippen molar-refractivity contribution in [3.63, 3.8) is 0 Å². The Kier molecular flexibility index (Phi) is 6.65. The van der Waals surface area contributed by atoms with Crippen LogP contribution in [0.1, 0.15) is 41.7 Å². The Morgan fingerprint density at radius 3 is 2.58 bits per heavy atom. The van der Waals surface area contributed by atoms with Crippen LogP contribution in [0.15, 0.2) is 54.7 Å². The number of benzene rings is 1. The average Bonchev–Trinajstić information content (AvgIpc) is 3.29. The zero-order chi connectivity index (χ0) is 23.5. The van der Waals surface area contributed by atoms with E-state index in [0.29, 0.717) is 11.7 Å². The van der Waals surface area contributed by atoms with E-state index < -0.39 is 0 Å². The molecule has 1 fully saturated rings. The molecule has 0 aliphatic carbocycles. The molecule has 172 valence electrons. The van der Waals surface area contributed by atoms with Crippen LogP contribution in [-0.2, 0) is 9.53 Å². The first-order valence-electron chi connectivity index (χ1n) is 10.9. The van der Waals surface area contributed by atoms with Gasteiger partial charge in [0, 0.05) is 23.3 Å². The van der Waals surface area contributed by atoms with Gasteiger partial charge in [-0.15, -0.1) is 0 Å². The van der Waals surface area contributed by atoms with Crippen molar-refractivity contribution >= 4 is 23.3 Å². The number of thiocarbonyl (C=S) groups is 1. The fourth-order valence-corrected chi connectivity index (χ4v) is 4.78. The van der Waals surface area contributed by atoms with E-state index in [4.69, 9.17) is 21.7 Å². The van der Waals surface area contributed by atoms with E-state index in [2.05, 4.69) is 34.8 Å². The lowest BCUT2D eigenvalue weighted by atomic mass is 9.97. The second kappa shape index (κ2) is 9.62. The van der Waals surface area contributed by atoms with E-state index in [1.54, 1.807) is 20.2 Å². The van der Waals surface area contributed by atoms with Crippen molar-refractivity contribution in [1.82, 2.24) is 19.8 Å². The maximum atomic E-state index is 12.4. The summed E-state index contributed by atoms with van der Waals surface area (Å²) in [5, 5.41) is 3.90. The van der Waals surface area contributed by atoms with Crippen LogP contribution in [0.5, 0.6) is 5.75 Å². The topological polar surface area (TPSA) is 68.6 Å². The highest BCUT2D eigenvalue weighted by Gasteiger charge is 2.42. The first-order chi connectivity index (χ1) is 15.9. The molecule has 1 saturated heterocycles. The van der Waals surface area contributed by atoms with Gasteiger partial charge in [0.1, 0.15) is 12.3 Å². The molecular weight excluding hydrogens is 436 g/mol. The van der Waals surface area contributed by atoms with E-state index in [0.717, 1.165) is 34.1 Å². The predicted molar refractivity (Wildman–Crippen MR) is 131 cm³/mol. The second-order valence-electron chi connectivity index (χ2n) is 7.92. The summed E-state index contributed by atoms with van der Waals surface area (Å²) >= 11 is 5.66. The molecule has 0 radical (unpaired) electrons. The van der Waals surface area contributed by atoms with Crippen LogP contribution < -0.4 is 10.1 Å². The number of aryl methyl sites for hydroxylation is 1. The summed E-state index contributed by atoms with van der Waals surface area (Å²) in [6, 6.07) is 15.5. The first-order valence-corrected chi connectivity index (χ1v) is 11.3. The number of nitrogens with one attached hydrogen (secondary N) is 1. The summed E-state index contributed by atoms with van der Waals surface area (Å²) in [6.45, 7) is 6.36. The number of hydrogen-bond donors (Lipinski definition) is 1. The molecule has 0 spiro atoms. The number of carbonyl (C=O) groups is 1. The number of aromatic nitrogens is 2. The second-order valence-corrected chi connectivity index (χ2v) is 8.31. The number of ether oxygens (including phenoxy) is 2. The molecule has 1 N–H and O–H groups in total. The van der Waals surface area contributed by atoms with Crippen LogP contribution in [0.25, 0.3) is 5.69 Å². The summed E-state index contributed by atoms with van der Waals surface area (Å²) in [5.41, 5.74) is 5.14. The van der Waals surface area contributed by atoms with Crippen molar-refractivity contribution in [2.24, 2.45) is 0 Å². The minimum absolute atomic E-state index is 0.0693. The highest BCUT2D eigenvalue weighted by molar-refractivity contribution is 7.80. The number of methoxy groups -OCH3 is 1. The summed E-state index contributed by atoms with van der Waals surface area (Å²) in [5.74, 6) is 0.500. The number of esters is 1. The van der Waals surface area contributed by atoms with Crippen molar-refractivity contribution in [2.45, 2.75) is 32.9 Å². The molecule has 1 aliphatic rings. The van der Waals surface area contributed by atoms with Gasteiger partial charge in [-0.05, 0) is 81.0 Å². The fraction of sp³-hybridized carbons (Fsp3) is 0.320. The monoisotopic (exact) mass is 464 g/mol. The minimum atomic E-state index is -0.308. The number of pyridine rings is 1. The fourth-order valence-electron chi connectivity index (χ4n) is 4.48. The molecular formula is C25H28N4O3S. The molecule has 2 unspecified atom stereocenters. The van der Waals surface area contributed by atoms with Crippen LogP contribution in [0.3, 0.4) is 0 Å². The van der Waals surface area contributed by atoms with Crippen LogP contribution in [-0.4, -0.2) is 45.8 Å². The van der Waals surface area contributed by atoms with Gasteiger partial charge in [0.2, 0.25) is 0 Å². The van der Waals surface area contributed by atoms with E-state index in [9.17, 15) is 4.79 Å². The number of hydrogen-bond acceptors (Lipinski definition) is 5. The summed E-state index contributed by atoms with van der Waals surface area (Å²) in [6.07, 6.45) is 1.77. The molecule has 0 saturated carbocycles. The molecule has 1 aliphatic heterocycles. The van der Waals surface area contributed by atoms with Gasteiger partial charge < -0.3 is 24.3 Å². The molecule has 3 aromatic rings. The van der Waals surface area contributed by atoms with Gasteiger partial charge in [0.25, 0.3) is 0 Å². The molecule has 7 nitrogen and oxygen atoms in total. The predicted octanol–water partition coefficient (Wildman–Crippen LogP) is 4.03. The zero-order valence-corrected chi connectivity index (χ0v) is 20.1. The molecule has 1 aromatic carbocycles. The van der Waals surface area contributed by atoms with Crippen molar-refractivity contribution in [1.29, 1.82) is 0 Å². The Labute approximate surface area is 199 Å². The number of carbonyl (C=O) groups excluding carboxylic acids is 1. The molecule has 3 heterocycles. The number of rotatable bonds is 7. The maximum Gasteiger partial charge on any atom is 0.325 e. The average molecular weight is 465 g/mol. The lowest BCUT2D eigenvalue weighted by Gasteiger charge is -2.27. The standard InChI is InChI=1S/C25H28N4O3S/c1-5-32-22(30)15-28-24(23(27-25(28)33)21-8-6-7-13-26-21)20-14-16(2)29(17(20)3)18-9-11-19(31-4)12-10-18/h6-14,23-24H,5,15H2,1-4H3,(H,27,33). The lowest BCUT2D eigenvalue weighted by Crippen LogP contribution is -2.35. The third-order valence-corrected chi connectivity index (χ3v) is 6.27. The highest BCUT2D eigenvalue weighted by atomic mass is 32.1. The summed E-state index contributed by atoms with van der Waals surface area (Å²) < 4.78 is 12.7. The van der Waals surface area contributed by atoms with Gasteiger partial charge in [0.05, 0.1) is 31.5 Å². The van der Waals surface area contributed by atoms with Gasteiger partial charge in [-0.2, -0.15) is 0 Å². The van der Waals surface area contributed by atoms with E-state index in [1.165, 1.54) is 0 Å². The third-order valence-electron chi connectivity index (χ3n) is 5.92. The van der Waals surface area contributed by atoms with Crippen molar-refractivity contribution in [3.05, 3.63) is 77.4 Å². The van der Waals surface area contributed by atoms with Gasteiger partial charge in [-0.1, -0.05) is 6.07 Å². The molecule has 0 bridgehead atoms. The Morgan fingerprint density at radius 2 is 1.94 bits per heavy atom. The highest BCUT2D eigenvalue weighted by Crippen LogP contribution is 2.41. The van der Waals surface area contributed by atoms with E-state index in [-0.39, 0.29) is 24.6 Å². The molecule has 33 heavy (non-hydrogen) atoms. The van der Waals surface area contributed by atoms with Crippen molar-refractivity contribution in [3.8, 4) is 11.4 Å². The quantitative estimate of drug-likeness (QED) is 0.418. The normalized spacial score (nSPS) is 17.7. The SMILES string of the molecule is CCOC(=O)CN1C(=S)NC(c2ccccn2)C1c1cc(C)n(-c2ccc(OC)cc2)c1C. The third kappa shape index (κ3) is 4.43. The Balaban J connectivity index is 1.79. The van der Waals surface area contributed by atoms with Crippen LogP contribution in [0, 0.1) is 13.8 Å². The summed E-state index contributed by atoms with van der Waals surface area (Å²) in [4.78, 5) is 18.9. The lowest BCUT2D eigenvalue weighted by molar-refractivity contribution is -0.143. The van der Waals surface area contributed by atoms with E-state index >= 15 is 0 Å². The molecule has 2 aromatic heterocycles. The van der Waals surface area contributed by atoms with Crippen LogP contribution in [0.4, 0.5) is 0 Å². The summed E-state index contributed by atoms with van der Waals surface area (Å²) in [7, 11) is 1.66. The van der Waals surface area contributed by atoms with Crippen LogP contribution in [0.2, 0.25) is 0 Å². The Morgan fingerprint density at radius 1 is 1.18 bits per heavy atom. The molecule has 0 amide bonds. The van der Waals surface area contributed by atoms with Gasteiger partial charge in [0.15, 0.2) is 5.11 Å². The van der Waals surface area contributed by atoms with E-state index in [1.807, 2.05) is 47.4 Å². The van der Waals surface area contributed by atoms with Gasteiger partial charge in [-0.3, -0.25) is 9.78 Å². The first kappa shape index (κ1) is 22.8. The van der Waals surface area contributed by atoms with Crippen molar-refractivity contribution < 1.29 is 14.3 Å². The number of nitrogens with zero attached hydrogens (tertiary/aromatic N) is 3. The maximum absolute atomic E-state index is 12.4. The van der Waals surface area contributed by atoms with Crippen LogP contribution >= 0.6 is 12.2 Å². The molecule has 8 heteroatoms. The minimum Gasteiger partial charge on any atom is -0.497 e. The van der Waals surface area contributed by atoms with Gasteiger partial charge in [-0.25, -0.2) is 0 Å². The Bertz CT molecular complexity index is 1140. The van der Waals surface area contributed by atoms with Crippen molar-refractivity contribution in [2.75, 3.05) is 20.3 Å². The van der Waals surface area contributed by atoms with Gasteiger partial charge >= 0.3 is 5.97 Å². The largest absolute Gasteiger partial charge is 0.497 e.